The summed E-state index contributed by atoms with van der Waals surface area (Å²) in [4.78, 5) is 29.1. The van der Waals surface area contributed by atoms with E-state index in [1.165, 1.54) is 0 Å². The van der Waals surface area contributed by atoms with Crippen LogP contribution in [0.5, 0.6) is 0 Å². The maximum absolute atomic E-state index is 12.2. The van der Waals surface area contributed by atoms with E-state index in [1.54, 1.807) is 24.8 Å². The molecule has 0 aliphatic rings. The highest BCUT2D eigenvalue weighted by molar-refractivity contribution is 6.00. The van der Waals surface area contributed by atoms with E-state index in [-0.39, 0.29) is 5.91 Å². The molecule has 0 bridgehead atoms. The predicted molar refractivity (Wildman–Crippen MR) is 146 cm³/mol. The molecular weight excluding hydrogens is 462 g/mol. The first kappa shape index (κ1) is 22.6. The number of hydrogen-bond donors (Lipinski definition) is 3. The Labute approximate surface area is 213 Å². The minimum Gasteiger partial charge on any atom is -0.353 e. The van der Waals surface area contributed by atoms with Crippen LogP contribution in [0.4, 0.5) is 5.69 Å². The molecular formula is C29H25N7O. The number of aromatic nitrogens is 6. The van der Waals surface area contributed by atoms with Crippen LogP contribution in [-0.2, 0) is 4.79 Å². The van der Waals surface area contributed by atoms with Crippen LogP contribution >= 0.6 is 0 Å². The quantitative estimate of drug-likeness (QED) is 0.258. The van der Waals surface area contributed by atoms with Crippen LogP contribution in [0, 0.1) is 5.92 Å². The Morgan fingerprint density at radius 3 is 2.62 bits per heavy atom. The average Bonchev–Trinajstić information content (AvgIpc) is 3.52. The number of rotatable bonds is 6. The first-order chi connectivity index (χ1) is 18.0. The SMILES string of the molecule is CC(C)CC(=O)Nc1cncc(-c2ccc3[nH]nc(-c4cc5c(-c6ccccn6)nccc5[nH]4)c3c2)c1. The highest BCUT2D eigenvalue weighted by atomic mass is 16.1. The summed E-state index contributed by atoms with van der Waals surface area (Å²) in [6, 6.07) is 17.9. The third-order valence-electron chi connectivity index (χ3n) is 6.22. The smallest absolute Gasteiger partial charge is 0.224 e. The van der Waals surface area contributed by atoms with E-state index < -0.39 is 0 Å². The van der Waals surface area contributed by atoms with Gasteiger partial charge in [0.15, 0.2) is 0 Å². The summed E-state index contributed by atoms with van der Waals surface area (Å²) in [7, 11) is 0. The highest BCUT2D eigenvalue weighted by Crippen LogP contribution is 2.34. The molecule has 5 aromatic heterocycles. The minimum absolute atomic E-state index is 0.0140. The summed E-state index contributed by atoms with van der Waals surface area (Å²) in [5.41, 5.74) is 7.81. The van der Waals surface area contributed by atoms with Crippen molar-refractivity contribution in [2.75, 3.05) is 5.32 Å². The molecule has 1 aromatic carbocycles. The van der Waals surface area contributed by atoms with E-state index in [9.17, 15) is 4.79 Å². The van der Waals surface area contributed by atoms with Crippen molar-refractivity contribution >= 4 is 33.4 Å². The second-order valence-corrected chi connectivity index (χ2v) is 9.46. The van der Waals surface area contributed by atoms with Crippen LogP contribution in [0.3, 0.4) is 0 Å². The Balaban J connectivity index is 1.38. The van der Waals surface area contributed by atoms with Gasteiger partial charge in [-0.15, -0.1) is 0 Å². The van der Waals surface area contributed by atoms with Gasteiger partial charge in [0.05, 0.1) is 34.5 Å². The molecule has 0 fully saturated rings. The fourth-order valence-corrected chi connectivity index (χ4v) is 4.54. The standard InChI is InChI=1S/C29H25N7O/c1-17(2)11-27(37)33-20-12-19(15-30-16-20)18-6-7-24-21(13-18)29(36-35-24)26-14-22-23(34-26)8-10-32-28(22)25-5-3-4-9-31-25/h3-10,12-17,34H,11H2,1-2H3,(H,33,37)(H,35,36). The van der Waals surface area contributed by atoms with E-state index in [0.717, 1.165) is 55.7 Å². The van der Waals surface area contributed by atoms with Gasteiger partial charge in [-0.25, -0.2) is 0 Å². The third kappa shape index (κ3) is 4.45. The molecule has 6 rings (SSSR count). The van der Waals surface area contributed by atoms with E-state index in [1.807, 2.05) is 56.3 Å². The molecule has 8 heteroatoms. The predicted octanol–water partition coefficient (Wildman–Crippen LogP) is 6.21. The van der Waals surface area contributed by atoms with Crippen LogP contribution < -0.4 is 5.32 Å². The first-order valence-electron chi connectivity index (χ1n) is 12.2. The number of nitrogens with zero attached hydrogens (tertiary/aromatic N) is 4. The Hall–Kier alpha value is -4.85. The van der Waals surface area contributed by atoms with Crippen molar-refractivity contribution in [2.45, 2.75) is 20.3 Å². The molecule has 5 heterocycles. The fourth-order valence-electron chi connectivity index (χ4n) is 4.54. The van der Waals surface area contributed by atoms with Crippen LogP contribution in [0.25, 0.3) is 55.7 Å². The van der Waals surface area contributed by atoms with Gasteiger partial charge in [0.1, 0.15) is 5.69 Å². The van der Waals surface area contributed by atoms with Gasteiger partial charge >= 0.3 is 0 Å². The normalized spacial score (nSPS) is 11.4. The number of amides is 1. The van der Waals surface area contributed by atoms with Gasteiger partial charge in [0, 0.05) is 46.9 Å². The molecule has 182 valence electrons. The summed E-state index contributed by atoms with van der Waals surface area (Å²) in [6.07, 6.45) is 7.49. The zero-order valence-electron chi connectivity index (χ0n) is 20.5. The summed E-state index contributed by atoms with van der Waals surface area (Å²) in [6.45, 7) is 4.05. The van der Waals surface area contributed by atoms with Gasteiger partial charge < -0.3 is 10.3 Å². The lowest BCUT2D eigenvalue weighted by atomic mass is 10.0. The summed E-state index contributed by atoms with van der Waals surface area (Å²) < 4.78 is 0. The number of nitrogens with one attached hydrogen (secondary N) is 3. The second-order valence-electron chi connectivity index (χ2n) is 9.46. The number of carbonyl (C=O) groups is 1. The number of fused-ring (bicyclic) bond motifs is 2. The number of H-pyrrole nitrogens is 2. The van der Waals surface area contributed by atoms with Crippen molar-refractivity contribution in [1.29, 1.82) is 0 Å². The van der Waals surface area contributed by atoms with Crippen LogP contribution in [0.1, 0.15) is 20.3 Å². The maximum Gasteiger partial charge on any atom is 0.224 e. The Kier molecular flexibility index (Phi) is 5.69. The number of benzene rings is 1. The van der Waals surface area contributed by atoms with Gasteiger partial charge in [-0.1, -0.05) is 26.0 Å². The largest absolute Gasteiger partial charge is 0.353 e. The van der Waals surface area contributed by atoms with Crippen molar-refractivity contribution in [1.82, 2.24) is 30.1 Å². The number of carbonyl (C=O) groups excluding carboxylic acids is 1. The molecule has 3 N–H and O–H groups in total. The summed E-state index contributed by atoms with van der Waals surface area (Å²) in [5.74, 6) is 0.276. The Morgan fingerprint density at radius 2 is 1.78 bits per heavy atom. The lowest BCUT2D eigenvalue weighted by Gasteiger charge is -2.09. The molecule has 0 atom stereocenters. The fraction of sp³-hybridized carbons (Fsp3) is 0.138. The molecule has 1 amide bonds. The molecule has 0 spiro atoms. The average molecular weight is 488 g/mol. The molecule has 0 saturated heterocycles. The number of pyridine rings is 3. The van der Waals surface area contributed by atoms with Crippen molar-refractivity contribution < 1.29 is 4.79 Å². The number of hydrogen-bond acceptors (Lipinski definition) is 5. The number of anilines is 1. The summed E-state index contributed by atoms with van der Waals surface area (Å²) >= 11 is 0. The zero-order chi connectivity index (χ0) is 25.4. The molecule has 0 aliphatic carbocycles. The molecule has 0 radical (unpaired) electrons. The van der Waals surface area contributed by atoms with E-state index in [2.05, 4.69) is 47.6 Å². The molecule has 37 heavy (non-hydrogen) atoms. The van der Waals surface area contributed by atoms with Gasteiger partial charge in [0.2, 0.25) is 5.91 Å². The van der Waals surface area contributed by atoms with E-state index >= 15 is 0 Å². The van der Waals surface area contributed by atoms with Gasteiger partial charge in [-0.2, -0.15) is 5.10 Å². The Bertz CT molecular complexity index is 1730. The van der Waals surface area contributed by atoms with Crippen molar-refractivity contribution in [3.8, 4) is 33.9 Å². The summed E-state index contributed by atoms with van der Waals surface area (Å²) in [5, 5.41) is 12.7. The number of aromatic amines is 2. The zero-order valence-corrected chi connectivity index (χ0v) is 20.5. The second kappa shape index (κ2) is 9.31. The topological polar surface area (TPSA) is 112 Å². The van der Waals surface area contributed by atoms with Crippen molar-refractivity contribution in [3.05, 3.63) is 79.4 Å². The molecule has 0 unspecified atom stereocenters. The molecule has 6 aromatic rings. The first-order valence-corrected chi connectivity index (χ1v) is 12.2. The monoisotopic (exact) mass is 487 g/mol. The van der Waals surface area contributed by atoms with Crippen LogP contribution in [-0.4, -0.2) is 36.0 Å². The van der Waals surface area contributed by atoms with Crippen molar-refractivity contribution in [2.24, 2.45) is 5.92 Å². The lowest BCUT2D eigenvalue weighted by Crippen LogP contribution is -2.13. The van der Waals surface area contributed by atoms with Crippen LogP contribution in [0.2, 0.25) is 0 Å². The third-order valence-corrected chi connectivity index (χ3v) is 6.22. The molecule has 0 aliphatic heterocycles. The molecule has 0 saturated carbocycles. The molecule has 8 nitrogen and oxygen atoms in total. The lowest BCUT2D eigenvalue weighted by molar-refractivity contribution is -0.116. The van der Waals surface area contributed by atoms with Gasteiger partial charge in [-0.3, -0.25) is 24.8 Å². The Morgan fingerprint density at radius 1 is 0.892 bits per heavy atom. The highest BCUT2D eigenvalue weighted by Gasteiger charge is 2.15. The van der Waals surface area contributed by atoms with E-state index in [4.69, 9.17) is 0 Å². The van der Waals surface area contributed by atoms with E-state index in [0.29, 0.717) is 18.0 Å². The maximum atomic E-state index is 12.2. The van der Waals surface area contributed by atoms with Crippen LogP contribution in [0.15, 0.2) is 79.4 Å². The minimum atomic E-state index is -0.0140. The van der Waals surface area contributed by atoms with Crippen molar-refractivity contribution in [3.63, 3.8) is 0 Å². The van der Waals surface area contributed by atoms with Gasteiger partial charge in [0.25, 0.3) is 0 Å². The van der Waals surface area contributed by atoms with Gasteiger partial charge in [-0.05, 0) is 53.9 Å².